The number of carbonyl (C=O) groups is 1. The molecule has 0 N–H and O–H groups in total. The predicted molar refractivity (Wildman–Crippen MR) is 64.9 cm³/mol. The zero-order valence-electron chi connectivity index (χ0n) is 9.94. The Labute approximate surface area is 96.5 Å². The summed E-state index contributed by atoms with van der Waals surface area (Å²) in [6.45, 7) is 6.03. The third-order valence-electron chi connectivity index (χ3n) is 3.25. The first-order valence-corrected chi connectivity index (χ1v) is 5.89. The fourth-order valence-electron chi connectivity index (χ4n) is 2.08. The molecule has 16 heavy (non-hydrogen) atoms. The van der Waals surface area contributed by atoms with E-state index >= 15 is 0 Å². The first-order valence-electron chi connectivity index (χ1n) is 5.89. The predicted octanol–water partition coefficient (Wildman–Crippen LogP) is 2.52. The Kier molecular flexibility index (Phi) is 3.22. The topological polar surface area (TPSA) is 33.2 Å². The van der Waals surface area contributed by atoms with Crippen LogP contribution in [0.5, 0.6) is 0 Å². The van der Waals surface area contributed by atoms with Gasteiger partial charge in [-0.1, -0.05) is 6.92 Å². The van der Waals surface area contributed by atoms with Gasteiger partial charge in [0.25, 0.3) is 0 Å². The average Bonchev–Trinajstić information content (AvgIpc) is 2.30. The molecule has 1 fully saturated rings. The van der Waals surface area contributed by atoms with Gasteiger partial charge in [0.15, 0.2) is 5.78 Å². The van der Waals surface area contributed by atoms with E-state index in [0.717, 1.165) is 24.7 Å². The Balaban J connectivity index is 2.14. The molecule has 0 amide bonds. The lowest BCUT2D eigenvalue weighted by Crippen LogP contribution is -2.32. The zero-order chi connectivity index (χ0) is 11.5. The van der Waals surface area contributed by atoms with Crippen LogP contribution in [0, 0.1) is 5.92 Å². The molecule has 86 valence electrons. The van der Waals surface area contributed by atoms with E-state index in [4.69, 9.17) is 0 Å². The first kappa shape index (κ1) is 11.1. The fourth-order valence-corrected chi connectivity index (χ4v) is 2.08. The molecule has 1 saturated heterocycles. The molecule has 0 spiro atoms. The largest absolute Gasteiger partial charge is 0.371 e. The Morgan fingerprint density at radius 3 is 2.75 bits per heavy atom. The molecule has 0 aromatic carbocycles. The Morgan fingerprint density at radius 2 is 2.12 bits per heavy atom. The molecule has 3 heteroatoms. The van der Waals surface area contributed by atoms with E-state index in [1.807, 2.05) is 12.1 Å². The summed E-state index contributed by atoms with van der Waals surface area (Å²) in [4.78, 5) is 17.7. The second kappa shape index (κ2) is 4.64. The molecule has 2 heterocycles. The molecule has 1 aromatic rings. The summed E-state index contributed by atoms with van der Waals surface area (Å²) in [5, 5.41) is 0. The van der Waals surface area contributed by atoms with Crippen molar-refractivity contribution in [2.24, 2.45) is 5.92 Å². The van der Waals surface area contributed by atoms with E-state index < -0.39 is 0 Å². The van der Waals surface area contributed by atoms with Crippen LogP contribution in [-0.4, -0.2) is 23.9 Å². The van der Waals surface area contributed by atoms with Gasteiger partial charge in [-0.25, -0.2) is 0 Å². The van der Waals surface area contributed by atoms with E-state index in [-0.39, 0.29) is 5.78 Å². The Hall–Kier alpha value is -1.38. The van der Waals surface area contributed by atoms with E-state index in [9.17, 15) is 4.79 Å². The van der Waals surface area contributed by atoms with Gasteiger partial charge in [0, 0.05) is 31.9 Å². The van der Waals surface area contributed by atoms with Crippen LogP contribution in [-0.2, 0) is 0 Å². The SMILES string of the molecule is CC(=O)c1cc(N2CCC(C)CC2)ccn1. The monoisotopic (exact) mass is 218 g/mol. The molecule has 0 atom stereocenters. The standard InChI is InChI=1S/C13H18N2O/c1-10-4-7-15(8-5-10)12-3-6-14-13(9-12)11(2)16/h3,6,9-10H,4-5,7-8H2,1-2H3. The van der Waals surface area contributed by atoms with E-state index in [0.29, 0.717) is 5.69 Å². The van der Waals surface area contributed by atoms with Gasteiger partial charge in [-0.2, -0.15) is 0 Å². The van der Waals surface area contributed by atoms with Crippen LogP contribution in [0.15, 0.2) is 18.3 Å². The minimum absolute atomic E-state index is 0.0345. The van der Waals surface area contributed by atoms with Crippen molar-refractivity contribution >= 4 is 11.5 Å². The molecular weight excluding hydrogens is 200 g/mol. The Bertz CT molecular complexity index is 381. The highest BCUT2D eigenvalue weighted by Crippen LogP contribution is 2.22. The molecule has 2 rings (SSSR count). The molecule has 1 aromatic heterocycles. The van der Waals surface area contributed by atoms with Crippen molar-refractivity contribution in [3.8, 4) is 0 Å². The summed E-state index contributed by atoms with van der Waals surface area (Å²) in [5.41, 5.74) is 1.70. The van der Waals surface area contributed by atoms with Gasteiger partial charge in [0.05, 0.1) is 0 Å². The minimum Gasteiger partial charge on any atom is -0.371 e. The van der Waals surface area contributed by atoms with Gasteiger partial charge in [0.1, 0.15) is 5.69 Å². The number of nitrogens with zero attached hydrogens (tertiary/aromatic N) is 2. The molecule has 1 aliphatic rings. The van der Waals surface area contributed by atoms with Crippen LogP contribution in [0.25, 0.3) is 0 Å². The van der Waals surface area contributed by atoms with E-state index in [2.05, 4.69) is 16.8 Å². The lowest BCUT2D eigenvalue weighted by molar-refractivity contribution is 0.101. The van der Waals surface area contributed by atoms with Crippen LogP contribution in [0.2, 0.25) is 0 Å². The van der Waals surface area contributed by atoms with Crippen LogP contribution < -0.4 is 4.90 Å². The third kappa shape index (κ3) is 2.40. The van der Waals surface area contributed by atoms with Crippen molar-refractivity contribution in [1.82, 2.24) is 4.98 Å². The normalized spacial score (nSPS) is 17.5. The van der Waals surface area contributed by atoms with Gasteiger partial charge in [-0.3, -0.25) is 9.78 Å². The Morgan fingerprint density at radius 1 is 1.44 bits per heavy atom. The average molecular weight is 218 g/mol. The summed E-state index contributed by atoms with van der Waals surface area (Å²) in [6, 6.07) is 3.89. The van der Waals surface area contributed by atoms with Gasteiger partial charge in [-0.15, -0.1) is 0 Å². The highest BCUT2D eigenvalue weighted by atomic mass is 16.1. The molecule has 1 aliphatic heterocycles. The highest BCUT2D eigenvalue weighted by molar-refractivity contribution is 5.92. The van der Waals surface area contributed by atoms with Crippen molar-refractivity contribution in [3.63, 3.8) is 0 Å². The molecule has 0 saturated carbocycles. The second-order valence-corrected chi connectivity index (χ2v) is 4.63. The number of Topliss-reactive ketones (excluding diaryl/α,β-unsaturated/α-hetero) is 1. The van der Waals surface area contributed by atoms with Gasteiger partial charge in [-0.05, 0) is 30.9 Å². The summed E-state index contributed by atoms with van der Waals surface area (Å²) in [6.07, 6.45) is 4.19. The molecule has 0 unspecified atom stereocenters. The summed E-state index contributed by atoms with van der Waals surface area (Å²) in [5.74, 6) is 0.859. The number of rotatable bonds is 2. The number of piperidine rings is 1. The number of hydrogen-bond donors (Lipinski definition) is 0. The summed E-state index contributed by atoms with van der Waals surface area (Å²) < 4.78 is 0. The number of carbonyl (C=O) groups excluding carboxylic acids is 1. The second-order valence-electron chi connectivity index (χ2n) is 4.63. The minimum atomic E-state index is 0.0345. The molecular formula is C13H18N2O. The van der Waals surface area contributed by atoms with E-state index in [1.165, 1.54) is 12.8 Å². The van der Waals surface area contributed by atoms with Gasteiger partial charge < -0.3 is 4.90 Å². The maximum atomic E-state index is 11.3. The molecule has 0 aliphatic carbocycles. The fraction of sp³-hybridized carbons (Fsp3) is 0.538. The number of ketones is 1. The molecule has 0 radical (unpaired) electrons. The van der Waals surface area contributed by atoms with Crippen LogP contribution >= 0.6 is 0 Å². The van der Waals surface area contributed by atoms with Crippen molar-refractivity contribution in [2.45, 2.75) is 26.7 Å². The van der Waals surface area contributed by atoms with Gasteiger partial charge >= 0.3 is 0 Å². The number of hydrogen-bond acceptors (Lipinski definition) is 3. The van der Waals surface area contributed by atoms with Crippen molar-refractivity contribution in [2.75, 3.05) is 18.0 Å². The van der Waals surface area contributed by atoms with Crippen LogP contribution in [0.4, 0.5) is 5.69 Å². The molecule has 0 bridgehead atoms. The zero-order valence-corrected chi connectivity index (χ0v) is 9.94. The number of aromatic nitrogens is 1. The lowest BCUT2D eigenvalue weighted by Gasteiger charge is -2.32. The summed E-state index contributed by atoms with van der Waals surface area (Å²) in [7, 11) is 0. The third-order valence-corrected chi connectivity index (χ3v) is 3.25. The maximum Gasteiger partial charge on any atom is 0.178 e. The van der Waals surface area contributed by atoms with Crippen molar-refractivity contribution < 1.29 is 4.79 Å². The maximum absolute atomic E-state index is 11.3. The first-order chi connectivity index (χ1) is 7.66. The van der Waals surface area contributed by atoms with Crippen LogP contribution in [0.1, 0.15) is 37.2 Å². The number of pyridine rings is 1. The van der Waals surface area contributed by atoms with Crippen LogP contribution in [0.3, 0.4) is 0 Å². The van der Waals surface area contributed by atoms with Gasteiger partial charge in [0.2, 0.25) is 0 Å². The summed E-state index contributed by atoms with van der Waals surface area (Å²) >= 11 is 0. The van der Waals surface area contributed by atoms with Crippen molar-refractivity contribution in [1.29, 1.82) is 0 Å². The smallest absolute Gasteiger partial charge is 0.178 e. The highest BCUT2D eigenvalue weighted by Gasteiger charge is 2.16. The lowest BCUT2D eigenvalue weighted by atomic mass is 9.99. The van der Waals surface area contributed by atoms with E-state index in [1.54, 1.807) is 13.1 Å². The molecule has 3 nitrogen and oxygen atoms in total. The quantitative estimate of drug-likeness (QED) is 0.715. The number of anilines is 1. The van der Waals surface area contributed by atoms with Crippen molar-refractivity contribution in [3.05, 3.63) is 24.0 Å².